The van der Waals surface area contributed by atoms with Crippen LogP contribution in [0, 0.1) is 5.41 Å². The first-order valence-corrected chi connectivity index (χ1v) is 6.94. The lowest BCUT2D eigenvalue weighted by molar-refractivity contribution is -0.136. The minimum atomic E-state index is -0.845. The molecule has 1 N–H and O–H groups in total. The number of benzene rings is 1. The standard InChI is InChI=1S/C16H23NO3/c1-15(2)11-17(12-16(15,3)19)14(18)10-20-9-13-7-5-4-6-8-13/h4-8,19H,9-12H2,1-3H3. The number of hydrogen-bond donors (Lipinski definition) is 1. The zero-order valence-corrected chi connectivity index (χ0v) is 12.4. The highest BCUT2D eigenvalue weighted by atomic mass is 16.5. The van der Waals surface area contributed by atoms with Crippen molar-refractivity contribution in [3.8, 4) is 0 Å². The van der Waals surface area contributed by atoms with Crippen LogP contribution < -0.4 is 0 Å². The highest BCUT2D eigenvalue weighted by Crippen LogP contribution is 2.38. The molecule has 0 spiro atoms. The van der Waals surface area contributed by atoms with E-state index < -0.39 is 5.60 Å². The van der Waals surface area contributed by atoms with Crippen LogP contribution in [0.25, 0.3) is 0 Å². The highest BCUT2D eigenvalue weighted by Gasteiger charge is 2.49. The van der Waals surface area contributed by atoms with Gasteiger partial charge in [0.05, 0.1) is 12.2 Å². The van der Waals surface area contributed by atoms with E-state index in [1.54, 1.807) is 11.8 Å². The Morgan fingerprint density at radius 1 is 1.25 bits per heavy atom. The second-order valence-electron chi connectivity index (χ2n) is 6.39. The number of ether oxygens (including phenoxy) is 1. The van der Waals surface area contributed by atoms with E-state index in [1.807, 2.05) is 44.2 Å². The molecule has 0 radical (unpaired) electrons. The third kappa shape index (κ3) is 3.19. The summed E-state index contributed by atoms with van der Waals surface area (Å²) >= 11 is 0. The summed E-state index contributed by atoms with van der Waals surface area (Å²) in [6.45, 7) is 7.16. The maximum atomic E-state index is 12.1. The van der Waals surface area contributed by atoms with Gasteiger partial charge in [-0.1, -0.05) is 44.2 Å². The largest absolute Gasteiger partial charge is 0.388 e. The van der Waals surface area contributed by atoms with Gasteiger partial charge in [0.25, 0.3) is 0 Å². The maximum absolute atomic E-state index is 12.1. The van der Waals surface area contributed by atoms with Crippen molar-refractivity contribution in [2.75, 3.05) is 19.7 Å². The average molecular weight is 277 g/mol. The van der Waals surface area contributed by atoms with Crippen molar-refractivity contribution in [2.24, 2.45) is 5.41 Å². The Balaban J connectivity index is 1.82. The van der Waals surface area contributed by atoms with Gasteiger partial charge in [-0.05, 0) is 12.5 Å². The first-order chi connectivity index (χ1) is 9.32. The summed E-state index contributed by atoms with van der Waals surface area (Å²) in [6, 6.07) is 9.77. The molecule has 1 heterocycles. The van der Waals surface area contributed by atoms with Gasteiger partial charge in [-0.2, -0.15) is 0 Å². The molecular formula is C16H23NO3. The van der Waals surface area contributed by atoms with Crippen molar-refractivity contribution in [1.29, 1.82) is 0 Å². The first-order valence-electron chi connectivity index (χ1n) is 6.94. The van der Waals surface area contributed by atoms with Crippen LogP contribution in [0.4, 0.5) is 0 Å². The second-order valence-corrected chi connectivity index (χ2v) is 6.39. The smallest absolute Gasteiger partial charge is 0.248 e. The summed E-state index contributed by atoms with van der Waals surface area (Å²) in [7, 11) is 0. The van der Waals surface area contributed by atoms with E-state index in [4.69, 9.17) is 4.74 Å². The summed E-state index contributed by atoms with van der Waals surface area (Å²) in [5.74, 6) is -0.0632. The average Bonchev–Trinajstić information content (AvgIpc) is 2.60. The van der Waals surface area contributed by atoms with E-state index in [-0.39, 0.29) is 17.9 Å². The Hall–Kier alpha value is -1.39. The van der Waals surface area contributed by atoms with Crippen LogP contribution >= 0.6 is 0 Å². The summed E-state index contributed by atoms with van der Waals surface area (Å²) in [5, 5.41) is 10.3. The molecule has 1 aliphatic heterocycles. The quantitative estimate of drug-likeness (QED) is 0.913. The van der Waals surface area contributed by atoms with Gasteiger partial charge < -0.3 is 14.7 Å². The molecule has 1 unspecified atom stereocenters. The molecule has 1 saturated heterocycles. The van der Waals surface area contributed by atoms with Crippen molar-refractivity contribution in [2.45, 2.75) is 33.0 Å². The molecule has 1 aromatic carbocycles. The predicted molar refractivity (Wildman–Crippen MR) is 77.1 cm³/mol. The summed E-state index contributed by atoms with van der Waals surface area (Å²) < 4.78 is 5.46. The molecule has 1 aromatic rings. The molecule has 4 nitrogen and oxygen atoms in total. The molecule has 2 rings (SSSR count). The lowest BCUT2D eigenvalue weighted by Crippen LogP contribution is -2.40. The fourth-order valence-electron chi connectivity index (χ4n) is 2.39. The number of aliphatic hydroxyl groups is 1. The van der Waals surface area contributed by atoms with Gasteiger partial charge >= 0.3 is 0 Å². The maximum Gasteiger partial charge on any atom is 0.248 e. The Labute approximate surface area is 120 Å². The Bertz CT molecular complexity index is 452. The van der Waals surface area contributed by atoms with E-state index in [2.05, 4.69) is 0 Å². The Morgan fingerprint density at radius 2 is 1.90 bits per heavy atom. The van der Waals surface area contributed by atoms with Crippen LogP contribution in [0.2, 0.25) is 0 Å². The van der Waals surface area contributed by atoms with Crippen LogP contribution in [0.5, 0.6) is 0 Å². The van der Waals surface area contributed by atoms with E-state index in [0.717, 1.165) is 5.56 Å². The molecule has 0 aliphatic carbocycles. The molecule has 20 heavy (non-hydrogen) atoms. The molecule has 0 saturated carbocycles. The van der Waals surface area contributed by atoms with Gasteiger partial charge in [0, 0.05) is 18.5 Å². The number of carbonyl (C=O) groups excluding carboxylic acids is 1. The van der Waals surface area contributed by atoms with Crippen molar-refractivity contribution >= 4 is 5.91 Å². The molecule has 4 heteroatoms. The Morgan fingerprint density at radius 3 is 2.45 bits per heavy atom. The molecule has 1 aliphatic rings. The van der Waals surface area contributed by atoms with Gasteiger partial charge in [0.15, 0.2) is 0 Å². The summed E-state index contributed by atoms with van der Waals surface area (Å²) in [4.78, 5) is 13.8. The molecule has 0 bridgehead atoms. The minimum Gasteiger partial charge on any atom is -0.388 e. The lowest BCUT2D eigenvalue weighted by Gasteiger charge is -2.30. The van der Waals surface area contributed by atoms with Crippen LogP contribution in [0.15, 0.2) is 30.3 Å². The van der Waals surface area contributed by atoms with Gasteiger partial charge in [-0.25, -0.2) is 0 Å². The number of likely N-dealkylation sites (tertiary alicyclic amines) is 1. The fourth-order valence-corrected chi connectivity index (χ4v) is 2.39. The predicted octanol–water partition coefficient (Wildman–Crippen LogP) is 1.82. The molecule has 1 atom stereocenters. The van der Waals surface area contributed by atoms with Crippen LogP contribution in [-0.4, -0.2) is 41.2 Å². The molecule has 0 aromatic heterocycles. The number of carbonyl (C=O) groups is 1. The number of β-amino-alcohol motifs (C(OH)–C–C–N with tert-alkyl or cyclic N) is 1. The Kier molecular flexibility index (Phi) is 4.16. The van der Waals surface area contributed by atoms with Gasteiger partial charge in [-0.3, -0.25) is 4.79 Å². The lowest BCUT2D eigenvalue weighted by atomic mass is 9.79. The van der Waals surface area contributed by atoms with Crippen molar-refractivity contribution in [3.63, 3.8) is 0 Å². The van der Waals surface area contributed by atoms with Gasteiger partial charge in [-0.15, -0.1) is 0 Å². The topological polar surface area (TPSA) is 49.8 Å². The number of amides is 1. The van der Waals surface area contributed by atoms with Crippen molar-refractivity contribution < 1.29 is 14.6 Å². The molecule has 110 valence electrons. The molecule has 1 amide bonds. The SMILES string of the molecule is CC1(C)CN(C(=O)COCc2ccccc2)CC1(C)O. The third-order valence-electron chi connectivity index (χ3n) is 4.23. The van der Waals surface area contributed by atoms with Crippen molar-refractivity contribution in [3.05, 3.63) is 35.9 Å². The number of rotatable bonds is 4. The second kappa shape index (κ2) is 5.54. The van der Waals surface area contributed by atoms with Gasteiger partial charge in [0.2, 0.25) is 5.91 Å². The van der Waals surface area contributed by atoms with Gasteiger partial charge in [0.1, 0.15) is 6.61 Å². The van der Waals surface area contributed by atoms with E-state index in [9.17, 15) is 9.90 Å². The fraction of sp³-hybridized carbons (Fsp3) is 0.562. The van der Waals surface area contributed by atoms with Crippen molar-refractivity contribution in [1.82, 2.24) is 4.90 Å². The summed E-state index contributed by atoms with van der Waals surface area (Å²) in [6.07, 6.45) is 0. The monoisotopic (exact) mass is 277 g/mol. The number of nitrogens with zero attached hydrogens (tertiary/aromatic N) is 1. The third-order valence-corrected chi connectivity index (χ3v) is 4.23. The highest BCUT2D eigenvalue weighted by molar-refractivity contribution is 5.78. The molecule has 1 fully saturated rings. The van der Waals surface area contributed by atoms with Crippen LogP contribution in [-0.2, 0) is 16.1 Å². The minimum absolute atomic E-state index is 0.0566. The van der Waals surface area contributed by atoms with E-state index in [1.165, 1.54) is 0 Å². The zero-order valence-electron chi connectivity index (χ0n) is 12.4. The van der Waals surface area contributed by atoms with E-state index >= 15 is 0 Å². The van der Waals surface area contributed by atoms with E-state index in [0.29, 0.717) is 19.7 Å². The normalized spacial score (nSPS) is 24.9. The zero-order chi connectivity index (χ0) is 14.8. The summed E-state index contributed by atoms with van der Waals surface area (Å²) in [5.41, 5.74) is -0.0847. The molecular weight excluding hydrogens is 254 g/mol. The number of hydrogen-bond acceptors (Lipinski definition) is 3. The first kappa shape index (κ1) is 15.0. The van der Waals surface area contributed by atoms with Crippen LogP contribution in [0.3, 0.4) is 0 Å². The van der Waals surface area contributed by atoms with Crippen LogP contribution in [0.1, 0.15) is 26.3 Å².